The molecule has 1 saturated heterocycles. The molecule has 0 aromatic heterocycles. The maximum Gasteiger partial charge on any atom is 0.251 e. The van der Waals surface area contributed by atoms with Crippen molar-refractivity contribution in [1.29, 1.82) is 0 Å². The molecule has 1 aliphatic rings. The molecule has 1 aromatic carbocycles. The summed E-state index contributed by atoms with van der Waals surface area (Å²) in [6.45, 7) is 4.95. The number of hydrogen-bond acceptors (Lipinski definition) is 4. The number of hydrogen-bond donors (Lipinski definition) is 3. The normalized spacial score (nSPS) is 17.9. The van der Waals surface area contributed by atoms with Crippen LogP contribution in [0.3, 0.4) is 0 Å². The van der Waals surface area contributed by atoms with Gasteiger partial charge in [0.05, 0.1) is 4.90 Å². The SMILES string of the molecule is Cc1cc(C(=O)NCC2CCCN2)cc(S(N)(=O)=O)c1C.Cl. The lowest BCUT2D eigenvalue weighted by Crippen LogP contribution is -2.37. The quantitative estimate of drug-likeness (QED) is 0.751. The van der Waals surface area contributed by atoms with Crippen molar-refractivity contribution in [2.45, 2.75) is 37.6 Å². The third-order valence-corrected chi connectivity index (χ3v) is 4.90. The molecule has 22 heavy (non-hydrogen) atoms. The molecular formula is C14H22ClN3O3S. The fourth-order valence-corrected chi connectivity index (χ4v) is 3.38. The maximum atomic E-state index is 12.2. The summed E-state index contributed by atoms with van der Waals surface area (Å²) in [5.41, 5.74) is 1.62. The Balaban J connectivity index is 0.00000242. The summed E-state index contributed by atoms with van der Waals surface area (Å²) < 4.78 is 23.2. The molecule has 1 aromatic rings. The van der Waals surface area contributed by atoms with E-state index in [9.17, 15) is 13.2 Å². The zero-order valence-electron chi connectivity index (χ0n) is 12.7. The second-order valence-electron chi connectivity index (χ2n) is 5.46. The Morgan fingerprint density at radius 3 is 2.64 bits per heavy atom. The minimum atomic E-state index is -3.83. The number of amides is 1. The average molecular weight is 348 g/mol. The molecule has 0 saturated carbocycles. The Kier molecular flexibility index (Phi) is 6.37. The van der Waals surface area contributed by atoms with E-state index >= 15 is 0 Å². The summed E-state index contributed by atoms with van der Waals surface area (Å²) in [5.74, 6) is -0.281. The monoisotopic (exact) mass is 347 g/mol. The molecule has 1 unspecified atom stereocenters. The topological polar surface area (TPSA) is 101 Å². The zero-order valence-corrected chi connectivity index (χ0v) is 14.3. The Bertz CT molecular complexity index is 656. The van der Waals surface area contributed by atoms with E-state index in [4.69, 9.17) is 5.14 Å². The van der Waals surface area contributed by atoms with E-state index < -0.39 is 10.0 Å². The minimum Gasteiger partial charge on any atom is -0.350 e. The van der Waals surface area contributed by atoms with Crippen molar-refractivity contribution >= 4 is 28.3 Å². The molecule has 8 heteroatoms. The zero-order chi connectivity index (χ0) is 15.6. The average Bonchev–Trinajstić information content (AvgIpc) is 2.90. The summed E-state index contributed by atoms with van der Waals surface area (Å²) >= 11 is 0. The van der Waals surface area contributed by atoms with Crippen molar-refractivity contribution < 1.29 is 13.2 Å². The Labute approximate surface area is 137 Å². The van der Waals surface area contributed by atoms with Crippen LogP contribution in [0.15, 0.2) is 17.0 Å². The van der Waals surface area contributed by atoms with Crippen molar-refractivity contribution in [2.24, 2.45) is 5.14 Å². The van der Waals surface area contributed by atoms with Gasteiger partial charge in [-0.2, -0.15) is 0 Å². The highest BCUT2D eigenvalue weighted by Gasteiger charge is 2.19. The van der Waals surface area contributed by atoms with Gasteiger partial charge < -0.3 is 10.6 Å². The molecule has 4 N–H and O–H groups in total. The fourth-order valence-electron chi connectivity index (χ4n) is 2.50. The van der Waals surface area contributed by atoms with Gasteiger partial charge in [-0.1, -0.05) is 0 Å². The largest absolute Gasteiger partial charge is 0.350 e. The molecule has 0 spiro atoms. The van der Waals surface area contributed by atoms with Gasteiger partial charge in [-0.15, -0.1) is 12.4 Å². The van der Waals surface area contributed by atoms with Crippen LogP contribution in [0.2, 0.25) is 0 Å². The fraction of sp³-hybridized carbons (Fsp3) is 0.500. The second kappa shape index (κ2) is 7.41. The van der Waals surface area contributed by atoms with E-state index in [2.05, 4.69) is 10.6 Å². The number of carbonyl (C=O) groups excluding carboxylic acids is 1. The molecular weight excluding hydrogens is 326 g/mol. The lowest BCUT2D eigenvalue weighted by Gasteiger charge is -2.13. The first-order chi connectivity index (χ1) is 9.79. The highest BCUT2D eigenvalue weighted by atomic mass is 35.5. The molecule has 124 valence electrons. The van der Waals surface area contributed by atoms with Gasteiger partial charge in [0.25, 0.3) is 5.91 Å². The molecule has 1 aliphatic heterocycles. The second-order valence-corrected chi connectivity index (χ2v) is 6.99. The maximum absolute atomic E-state index is 12.2. The van der Waals surface area contributed by atoms with Gasteiger partial charge >= 0.3 is 0 Å². The smallest absolute Gasteiger partial charge is 0.251 e. The van der Waals surface area contributed by atoms with Crippen LogP contribution in [0.1, 0.15) is 34.3 Å². The van der Waals surface area contributed by atoms with Crippen LogP contribution in [0.25, 0.3) is 0 Å². The number of nitrogens with two attached hydrogens (primary N) is 1. The van der Waals surface area contributed by atoms with Gasteiger partial charge in [-0.05, 0) is 56.5 Å². The summed E-state index contributed by atoms with van der Waals surface area (Å²) in [7, 11) is -3.83. The van der Waals surface area contributed by atoms with Crippen LogP contribution >= 0.6 is 12.4 Å². The molecule has 0 radical (unpaired) electrons. The van der Waals surface area contributed by atoms with Gasteiger partial charge in [0, 0.05) is 18.2 Å². The van der Waals surface area contributed by atoms with Crippen LogP contribution in [0.5, 0.6) is 0 Å². The van der Waals surface area contributed by atoms with E-state index in [1.165, 1.54) is 6.07 Å². The first kappa shape index (κ1) is 18.9. The van der Waals surface area contributed by atoms with E-state index in [0.29, 0.717) is 23.7 Å². The van der Waals surface area contributed by atoms with Crippen molar-refractivity contribution in [3.8, 4) is 0 Å². The van der Waals surface area contributed by atoms with Gasteiger partial charge in [-0.3, -0.25) is 4.79 Å². The van der Waals surface area contributed by atoms with Gasteiger partial charge in [0.2, 0.25) is 10.0 Å². The number of primary sulfonamides is 1. The third-order valence-electron chi connectivity index (χ3n) is 3.86. The molecule has 1 amide bonds. The van der Waals surface area contributed by atoms with Crippen molar-refractivity contribution in [1.82, 2.24) is 10.6 Å². The standard InChI is InChI=1S/C14H21N3O3S.ClH/c1-9-6-11(7-13(10(9)2)21(15,19)20)14(18)17-8-12-4-3-5-16-12;/h6-7,12,16H,3-5,8H2,1-2H3,(H,17,18)(H2,15,19,20);1H. The first-order valence-electron chi connectivity index (χ1n) is 6.94. The van der Waals surface area contributed by atoms with E-state index in [0.717, 1.165) is 24.9 Å². The van der Waals surface area contributed by atoms with Crippen LogP contribution in [0.4, 0.5) is 0 Å². The molecule has 1 heterocycles. The Hall–Kier alpha value is -1.15. The summed E-state index contributed by atoms with van der Waals surface area (Å²) in [5, 5.41) is 11.3. The van der Waals surface area contributed by atoms with Crippen molar-refractivity contribution in [3.63, 3.8) is 0 Å². The molecule has 0 bridgehead atoms. The Morgan fingerprint density at radius 2 is 2.09 bits per heavy atom. The number of nitrogens with one attached hydrogen (secondary N) is 2. The highest BCUT2D eigenvalue weighted by Crippen LogP contribution is 2.20. The molecule has 6 nitrogen and oxygen atoms in total. The van der Waals surface area contributed by atoms with Crippen LogP contribution in [0, 0.1) is 13.8 Å². The van der Waals surface area contributed by atoms with E-state index in [1.807, 2.05) is 0 Å². The molecule has 1 fully saturated rings. The number of sulfonamides is 1. The third kappa shape index (κ3) is 4.42. The van der Waals surface area contributed by atoms with Gasteiger partial charge in [-0.25, -0.2) is 13.6 Å². The van der Waals surface area contributed by atoms with E-state index in [1.54, 1.807) is 19.9 Å². The first-order valence-corrected chi connectivity index (χ1v) is 8.49. The summed E-state index contributed by atoms with van der Waals surface area (Å²) in [6, 6.07) is 3.31. The summed E-state index contributed by atoms with van der Waals surface area (Å²) in [4.78, 5) is 12.2. The van der Waals surface area contributed by atoms with Crippen molar-refractivity contribution in [2.75, 3.05) is 13.1 Å². The Morgan fingerprint density at radius 1 is 1.41 bits per heavy atom. The minimum absolute atomic E-state index is 0. The lowest BCUT2D eigenvalue weighted by molar-refractivity contribution is 0.0950. The highest BCUT2D eigenvalue weighted by molar-refractivity contribution is 7.89. The van der Waals surface area contributed by atoms with Crippen molar-refractivity contribution in [3.05, 3.63) is 28.8 Å². The van der Waals surface area contributed by atoms with Crippen LogP contribution < -0.4 is 15.8 Å². The predicted molar refractivity (Wildman–Crippen MR) is 87.9 cm³/mol. The van der Waals surface area contributed by atoms with Gasteiger partial charge in [0.1, 0.15) is 0 Å². The number of halogens is 1. The molecule has 2 rings (SSSR count). The molecule has 0 aliphatic carbocycles. The number of rotatable bonds is 4. The number of aryl methyl sites for hydroxylation is 1. The summed E-state index contributed by atoms with van der Waals surface area (Å²) in [6.07, 6.45) is 2.15. The number of carbonyl (C=O) groups is 1. The van der Waals surface area contributed by atoms with Crippen LogP contribution in [-0.4, -0.2) is 33.5 Å². The molecule has 1 atom stereocenters. The van der Waals surface area contributed by atoms with Crippen LogP contribution in [-0.2, 0) is 10.0 Å². The van der Waals surface area contributed by atoms with E-state index in [-0.39, 0.29) is 23.2 Å². The predicted octanol–water partition coefficient (Wildman–Crippen LogP) is 0.854. The number of benzene rings is 1. The van der Waals surface area contributed by atoms with Gasteiger partial charge in [0.15, 0.2) is 0 Å². The lowest BCUT2D eigenvalue weighted by atomic mass is 10.1.